The molecular formula is C43H28N2S. The topological polar surface area (TPSA) is 25.8 Å². The SMILES string of the molecule is CC1CC=Cc2c1c1ccc(-c3ccc4ccc5ccc(-c6ccc7sc8ccccc8c7c6)nc5c4n3)cc1c1ccccc21. The second kappa shape index (κ2) is 9.81. The number of nitrogens with zero attached hydrogens (tertiary/aromatic N) is 2. The molecule has 0 fully saturated rings. The van der Waals surface area contributed by atoms with Crippen molar-refractivity contribution in [2.24, 2.45) is 0 Å². The first kappa shape index (κ1) is 25.9. The molecule has 0 saturated heterocycles. The van der Waals surface area contributed by atoms with Crippen LogP contribution in [0.1, 0.15) is 30.4 Å². The standard InChI is InChI=1S/C43H28N2S/c1-25-7-6-11-33-30-8-2-3-9-31(30)35-23-28(15-19-34(35)41(25)33)37-20-16-26-13-14-27-17-21-38(45-43(27)42(26)44-37)29-18-22-40-36(24-29)32-10-4-5-12-39(32)46-40/h2-6,8-25H,7H2,1H3. The van der Waals surface area contributed by atoms with Crippen LogP contribution in [0, 0.1) is 0 Å². The van der Waals surface area contributed by atoms with Gasteiger partial charge in [-0.05, 0) is 81.4 Å². The molecule has 3 aromatic heterocycles. The third-order valence-electron chi connectivity index (χ3n) is 9.86. The molecule has 1 aliphatic carbocycles. The summed E-state index contributed by atoms with van der Waals surface area (Å²) in [7, 11) is 0. The minimum Gasteiger partial charge on any atom is -0.245 e. The van der Waals surface area contributed by atoms with E-state index in [1.54, 1.807) is 0 Å². The molecule has 0 saturated carbocycles. The Labute approximate surface area is 270 Å². The third-order valence-corrected chi connectivity index (χ3v) is 11.0. The number of pyridine rings is 2. The van der Waals surface area contributed by atoms with Gasteiger partial charge in [0.2, 0.25) is 0 Å². The number of allylic oxidation sites excluding steroid dienone is 1. The largest absolute Gasteiger partial charge is 0.245 e. The van der Waals surface area contributed by atoms with Crippen molar-refractivity contribution in [3.8, 4) is 22.5 Å². The van der Waals surface area contributed by atoms with Crippen molar-refractivity contribution in [3.63, 3.8) is 0 Å². The van der Waals surface area contributed by atoms with Crippen molar-refractivity contribution in [2.45, 2.75) is 19.3 Å². The predicted molar refractivity (Wildman–Crippen MR) is 198 cm³/mol. The lowest BCUT2D eigenvalue weighted by Gasteiger charge is -2.23. The minimum atomic E-state index is 0.488. The van der Waals surface area contributed by atoms with Crippen LogP contribution in [0.4, 0.5) is 0 Å². The second-order valence-electron chi connectivity index (χ2n) is 12.6. The van der Waals surface area contributed by atoms with E-state index in [1.165, 1.54) is 52.8 Å². The van der Waals surface area contributed by atoms with Gasteiger partial charge in [-0.15, -0.1) is 11.3 Å². The summed E-state index contributed by atoms with van der Waals surface area (Å²) in [5, 5.41) is 10.1. The van der Waals surface area contributed by atoms with E-state index >= 15 is 0 Å². The van der Waals surface area contributed by atoms with Gasteiger partial charge in [-0.1, -0.05) is 104 Å². The summed E-state index contributed by atoms with van der Waals surface area (Å²) >= 11 is 1.84. The van der Waals surface area contributed by atoms with E-state index in [2.05, 4.69) is 140 Å². The molecule has 3 heteroatoms. The normalized spacial score (nSPS) is 14.7. The minimum absolute atomic E-state index is 0.488. The maximum absolute atomic E-state index is 5.31. The highest BCUT2D eigenvalue weighted by molar-refractivity contribution is 7.25. The van der Waals surface area contributed by atoms with Crippen molar-refractivity contribution in [1.82, 2.24) is 9.97 Å². The maximum atomic E-state index is 5.31. The number of aromatic nitrogens is 2. The fraction of sp³-hybridized carbons (Fsp3) is 0.0698. The first-order chi connectivity index (χ1) is 22.7. The Morgan fingerprint density at radius 1 is 0.543 bits per heavy atom. The molecule has 6 aromatic carbocycles. The first-order valence-electron chi connectivity index (χ1n) is 16.0. The van der Waals surface area contributed by atoms with Crippen LogP contribution >= 0.6 is 11.3 Å². The summed E-state index contributed by atoms with van der Waals surface area (Å²) < 4.78 is 2.62. The lowest BCUT2D eigenvalue weighted by atomic mass is 9.81. The molecule has 0 N–H and O–H groups in total. The average molecular weight is 605 g/mol. The van der Waals surface area contributed by atoms with Crippen LogP contribution < -0.4 is 0 Å². The molecule has 1 unspecified atom stereocenters. The van der Waals surface area contributed by atoms with E-state index in [0.29, 0.717) is 5.92 Å². The van der Waals surface area contributed by atoms with Gasteiger partial charge in [0.1, 0.15) is 0 Å². The average Bonchev–Trinajstić information content (AvgIpc) is 3.49. The molecule has 46 heavy (non-hydrogen) atoms. The van der Waals surface area contributed by atoms with E-state index in [-0.39, 0.29) is 0 Å². The number of fused-ring (bicyclic) bond motifs is 12. The van der Waals surface area contributed by atoms with Crippen molar-refractivity contribution in [2.75, 3.05) is 0 Å². The molecular weight excluding hydrogens is 577 g/mol. The first-order valence-corrected chi connectivity index (χ1v) is 16.8. The fourth-order valence-corrected chi connectivity index (χ4v) is 8.68. The highest BCUT2D eigenvalue weighted by atomic mass is 32.1. The van der Waals surface area contributed by atoms with Gasteiger partial charge < -0.3 is 0 Å². The van der Waals surface area contributed by atoms with Crippen LogP contribution in [0.3, 0.4) is 0 Å². The van der Waals surface area contributed by atoms with Gasteiger partial charge in [-0.2, -0.15) is 0 Å². The molecule has 0 radical (unpaired) electrons. The lowest BCUT2D eigenvalue weighted by Crippen LogP contribution is -2.02. The summed E-state index contributed by atoms with van der Waals surface area (Å²) in [5.74, 6) is 0.488. The fourth-order valence-electron chi connectivity index (χ4n) is 7.60. The number of hydrogen-bond acceptors (Lipinski definition) is 3. The molecule has 216 valence electrons. The van der Waals surface area contributed by atoms with Gasteiger partial charge in [-0.3, -0.25) is 0 Å². The summed E-state index contributed by atoms with van der Waals surface area (Å²) in [4.78, 5) is 10.6. The molecule has 0 amide bonds. The Morgan fingerprint density at radius 3 is 1.91 bits per heavy atom. The zero-order valence-corrected chi connectivity index (χ0v) is 26.1. The smallest absolute Gasteiger partial charge is 0.0972 e. The third kappa shape index (κ3) is 3.82. The highest BCUT2D eigenvalue weighted by Crippen LogP contribution is 2.42. The molecule has 1 aliphatic rings. The van der Waals surface area contributed by atoms with E-state index in [1.807, 2.05) is 11.3 Å². The van der Waals surface area contributed by atoms with Gasteiger partial charge in [0, 0.05) is 42.1 Å². The van der Waals surface area contributed by atoms with Crippen LogP contribution in [0.5, 0.6) is 0 Å². The molecule has 10 rings (SSSR count). The monoisotopic (exact) mass is 604 g/mol. The molecule has 3 heterocycles. The Balaban J connectivity index is 1.15. The molecule has 0 spiro atoms. The Morgan fingerprint density at radius 2 is 1.15 bits per heavy atom. The number of benzene rings is 6. The Kier molecular flexibility index (Phi) is 5.52. The van der Waals surface area contributed by atoms with E-state index in [4.69, 9.17) is 9.97 Å². The van der Waals surface area contributed by atoms with Crippen molar-refractivity contribution >= 4 is 80.9 Å². The number of hydrogen-bond donors (Lipinski definition) is 0. The van der Waals surface area contributed by atoms with Crippen molar-refractivity contribution < 1.29 is 0 Å². The van der Waals surface area contributed by atoms with E-state index in [9.17, 15) is 0 Å². The van der Waals surface area contributed by atoms with Crippen LogP contribution in [0.15, 0.2) is 127 Å². The predicted octanol–water partition coefficient (Wildman–Crippen LogP) is 12.3. The summed E-state index contributed by atoms with van der Waals surface area (Å²) in [6, 6.07) is 44.1. The summed E-state index contributed by atoms with van der Waals surface area (Å²) in [6.45, 7) is 2.35. The molecule has 9 aromatic rings. The molecule has 1 atom stereocenters. The molecule has 0 aliphatic heterocycles. The Bertz CT molecular complexity index is 2750. The number of rotatable bonds is 2. The maximum Gasteiger partial charge on any atom is 0.0972 e. The van der Waals surface area contributed by atoms with Gasteiger partial charge in [0.25, 0.3) is 0 Å². The van der Waals surface area contributed by atoms with Gasteiger partial charge >= 0.3 is 0 Å². The van der Waals surface area contributed by atoms with Gasteiger partial charge in [0.15, 0.2) is 0 Å². The van der Waals surface area contributed by atoms with Crippen LogP contribution in [-0.2, 0) is 0 Å². The number of thiophene rings is 1. The van der Waals surface area contributed by atoms with E-state index in [0.717, 1.165) is 50.7 Å². The van der Waals surface area contributed by atoms with Crippen molar-refractivity contribution in [1.29, 1.82) is 0 Å². The Hall–Kier alpha value is -5.38. The van der Waals surface area contributed by atoms with Crippen LogP contribution in [-0.4, -0.2) is 9.97 Å². The zero-order chi connectivity index (χ0) is 30.4. The van der Waals surface area contributed by atoms with Gasteiger partial charge in [-0.25, -0.2) is 9.97 Å². The zero-order valence-electron chi connectivity index (χ0n) is 25.3. The van der Waals surface area contributed by atoms with Crippen molar-refractivity contribution in [3.05, 3.63) is 139 Å². The van der Waals surface area contributed by atoms with Crippen LogP contribution in [0.2, 0.25) is 0 Å². The summed E-state index contributed by atoms with van der Waals surface area (Å²) in [6.07, 6.45) is 5.72. The second-order valence-corrected chi connectivity index (χ2v) is 13.7. The molecule has 2 nitrogen and oxygen atoms in total. The van der Waals surface area contributed by atoms with E-state index < -0.39 is 0 Å². The quantitative estimate of drug-likeness (QED) is 0.183. The lowest BCUT2D eigenvalue weighted by molar-refractivity contribution is 0.781. The van der Waals surface area contributed by atoms with Crippen LogP contribution in [0.25, 0.3) is 92.1 Å². The summed E-state index contributed by atoms with van der Waals surface area (Å²) in [5.41, 5.74) is 8.90. The molecule has 0 bridgehead atoms. The van der Waals surface area contributed by atoms with Gasteiger partial charge in [0.05, 0.1) is 22.4 Å². The highest BCUT2D eigenvalue weighted by Gasteiger charge is 2.20.